The summed E-state index contributed by atoms with van der Waals surface area (Å²) in [6, 6.07) is 6.42. The highest BCUT2D eigenvalue weighted by Crippen LogP contribution is 2.12. The molecule has 2 rings (SSSR count). The van der Waals surface area contributed by atoms with Gasteiger partial charge in [-0.05, 0) is 44.4 Å². The van der Waals surface area contributed by atoms with Gasteiger partial charge in [0.25, 0.3) is 0 Å². The Morgan fingerprint density at radius 3 is 2.81 bits per heavy atom. The lowest BCUT2D eigenvalue weighted by Gasteiger charge is -2.14. The molecule has 0 saturated heterocycles. The summed E-state index contributed by atoms with van der Waals surface area (Å²) >= 11 is 0. The lowest BCUT2D eigenvalue weighted by Crippen LogP contribution is -2.29. The maximum atomic E-state index is 11.9. The van der Waals surface area contributed by atoms with Crippen molar-refractivity contribution in [2.45, 2.75) is 33.1 Å². The lowest BCUT2D eigenvalue weighted by atomic mass is 10.0. The normalized spacial score (nSPS) is 14.1. The highest BCUT2D eigenvalue weighted by molar-refractivity contribution is 5.85. The second-order valence-corrected chi connectivity index (χ2v) is 5.52. The van der Waals surface area contributed by atoms with Crippen LogP contribution in [0.4, 0.5) is 0 Å². The van der Waals surface area contributed by atoms with Crippen LogP contribution in [0.3, 0.4) is 0 Å². The fourth-order valence-electron chi connectivity index (χ4n) is 2.51. The summed E-state index contributed by atoms with van der Waals surface area (Å²) in [5.41, 5.74) is 5.16. The van der Waals surface area contributed by atoms with Gasteiger partial charge in [0.2, 0.25) is 5.91 Å². The number of hydrogen-bond acceptors (Lipinski definition) is 2. The van der Waals surface area contributed by atoms with Gasteiger partial charge in [0.05, 0.1) is 0 Å². The number of carbonyl (C=O) groups is 1. The van der Waals surface area contributed by atoms with Crippen LogP contribution in [-0.2, 0) is 11.2 Å². The lowest BCUT2D eigenvalue weighted by molar-refractivity contribution is -0.120. The number of benzene rings is 1. The van der Waals surface area contributed by atoms with E-state index in [0.29, 0.717) is 13.0 Å². The van der Waals surface area contributed by atoms with E-state index >= 15 is 0 Å². The Kier molecular flexibility index (Phi) is 7.48. The molecule has 116 valence electrons. The van der Waals surface area contributed by atoms with Gasteiger partial charge in [-0.3, -0.25) is 4.79 Å². The van der Waals surface area contributed by atoms with Crippen molar-refractivity contribution in [2.75, 3.05) is 19.6 Å². The summed E-state index contributed by atoms with van der Waals surface area (Å²) in [7, 11) is 0. The summed E-state index contributed by atoms with van der Waals surface area (Å²) in [5.74, 6) is 0.143. The standard InChI is InChI=1S/C17H24N2O.ClH/c1-13-3-4-16(14(2)11-13)5-6-17(20)19-12-15-7-9-18-10-8-15;/h3-4,7,11,18H,5-6,8-10,12H2,1-2H3,(H,19,20);1H. The molecule has 0 radical (unpaired) electrons. The van der Waals surface area contributed by atoms with Gasteiger partial charge in [-0.15, -0.1) is 12.4 Å². The SMILES string of the molecule is Cc1ccc(CCC(=O)NCC2=CCNCC2)c(C)c1.Cl. The molecule has 0 bridgehead atoms. The summed E-state index contributed by atoms with van der Waals surface area (Å²) in [4.78, 5) is 11.9. The van der Waals surface area contributed by atoms with Gasteiger partial charge in [-0.1, -0.05) is 35.4 Å². The zero-order chi connectivity index (χ0) is 14.4. The third kappa shape index (κ3) is 5.90. The van der Waals surface area contributed by atoms with E-state index in [1.165, 1.54) is 22.3 Å². The maximum Gasteiger partial charge on any atom is 0.220 e. The van der Waals surface area contributed by atoms with Gasteiger partial charge in [0.15, 0.2) is 0 Å². The van der Waals surface area contributed by atoms with Gasteiger partial charge in [0, 0.05) is 19.5 Å². The molecule has 1 aliphatic heterocycles. The molecule has 1 aromatic carbocycles. The summed E-state index contributed by atoms with van der Waals surface area (Å²) < 4.78 is 0. The molecular weight excluding hydrogens is 284 g/mol. The van der Waals surface area contributed by atoms with Crippen LogP contribution in [0.2, 0.25) is 0 Å². The van der Waals surface area contributed by atoms with Crippen LogP contribution in [0.15, 0.2) is 29.8 Å². The van der Waals surface area contributed by atoms with Crippen LogP contribution in [0.25, 0.3) is 0 Å². The van der Waals surface area contributed by atoms with Gasteiger partial charge < -0.3 is 10.6 Å². The fourth-order valence-corrected chi connectivity index (χ4v) is 2.51. The fraction of sp³-hybridized carbons (Fsp3) is 0.471. The number of halogens is 1. The van der Waals surface area contributed by atoms with Crippen LogP contribution < -0.4 is 10.6 Å². The quantitative estimate of drug-likeness (QED) is 0.821. The van der Waals surface area contributed by atoms with Crippen LogP contribution in [0, 0.1) is 13.8 Å². The van der Waals surface area contributed by atoms with E-state index in [-0.39, 0.29) is 18.3 Å². The van der Waals surface area contributed by atoms with Crippen LogP contribution in [0.5, 0.6) is 0 Å². The summed E-state index contributed by atoms with van der Waals surface area (Å²) in [5, 5.41) is 6.29. The number of hydrogen-bond donors (Lipinski definition) is 2. The second kappa shape index (κ2) is 8.85. The number of aryl methyl sites for hydroxylation is 3. The summed E-state index contributed by atoms with van der Waals surface area (Å²) in [6.07, 6.45) is 4.60. The van der Waals surface area contributed by atoms with Gasteiger partial charge in [0.1, 0.15) is 0 Å². The van der Waals surface area contributed by atoms with Crippen molar-refractivity contribution < 1.29 is 4.79 Å². The van der Waals surface area contributed by atoms with Gasteiger partial charge in [-0.2, -0.15) is 0 Å². The molecule has 1 aromatic rings. The minimum atomic E-state index is 0. The van der Waals surface area contributed by atoms with Gasteiger partial charge >= 0.3 is 0 Å². The molecule has 0 saturated carbocycles. The van der Waals surface area contributed by atoms with E-state index in [2.05, 4.69) is 48.8 Å². The predicted molar refractivity (Wildman–Crippen MR) is 90.1 cm³/mol. The highest BCUT2D eigenvalue weighted by atomic mass is 35.5. The molecule has 4 heteroatoms. The first-order valence-corrected chi connectivity index (χ1v) is 7.36. The van der Waals surface area contributed by atoms with E-state index in [0.717, 1.165) is 25.9 Å². The molecule has 21 heavy (non-hydrogen) atoms. The third-order valence-corrected chi connectivity index (χ3v) is 3.79. The van der Waals surface area contributed by atoms with E-state index in [1.807, 2.05) is 0 Å². The summed E-state index contributed by atoms with van der Waals surface area (Å²) in [6.45, 7) is 6.85. The molecule has 0 unspecified atom stereocenters. The third-order valence-electron chi connectivity index (χ3n) is 3.79. The molecule has 3 nitrogen and oxygen atoms in total. The van der Waals surface area contributed by atoms with Crippen LogP contribution in [0.1, 0.15) is 29.5 Å². The zero-order valence-corrected chi connectivity index (χ0v) is 13.7. The van der Waals surface area contributed by atoms with Crippen molar-refractivity contribution in [3.05, 3.63) is 46.5 Å². The number of carbonyl (C=O) groups excluding carboxylic acids is 1. The van der Waals surface area contributed by atoms with Crippen molar-refractivity contribution in [2.24, 2.45) is 0 Å². The maximum absolute atomic E-state index is 11.9. The molecule has 1 aliphatic rings. The average molecular weight is 309 g/mol. The van der Waals surface area contributed by atoms with E-state index in [9.17, 15) is 4.79 Å². The molecule has 1 amide bonds. The number of nitrogens with one attached hydrogen (secondary N) is 2. The van der Waals surface area contributed by atoms with Crippen molar-refractivity contribution in [3.8, 4) is 0 Å². The first kappa shape index (κ1) is 17.7. The largest absolute Gasteiger partial charge is 0.352 e. The Morgan fingerprint density at radius 1 is 1.33 bits per heavy atom. The second-order valence-electron chi connectivity index (χ2n) is 5.52. The molecule has 1 heterocycles. The predicted octanol–water partition coefficient (Wildman–Crippen LogP) is 2.69. The molecule has 0 aromatic heterocycles. The van der Waals surface area contributed by atoms with E-state index in [1.54, 1.807) is 0 Å². The van der Waals surface area contributed by atoms with E-state index in [4.69, 9.17) is 0 Å². The Labute approximate surface area is 133 Å². The number of amides is 1. The molecule has 0 aliphatic carbocycles. The van der Waals surface area contributed by atoms with Crippen molar-refractivity contribution in [1.29, 1.82) is 0 Å². The number of rotatable bonds is 5. The van der Waals surface area contributed by atoms with Crippen LogP contribution in [-0.4, -0.2) is 25.5 Å². The van der Waals surface area contributed by atoms with E-state index < -0.39 is 0 Å². The average Bonchev–Trinajstić information content (AvgIpc) is 2.45. The smallest absolute Gasteiger partial charge is 0.220 e. The van der Waals surface area contributed by atoms with Crippen molar-refractivity contribution in [3.63, 3.8) is 0 Å². The van der Waals surface area contributed by atoms with Crippen molar-refractivity contribution >= 4 is 18.3 Å². The molecule has 0 spiro atoms. The Hall–Kier alpha value is -1.32. The molecule has 0 atom stereocenters. The molecular formula is C17H25ClN2O. The van der Waals surface area contributed by atoms with Gasteiger partial charge in [-0.25, -0.2) is 0 Å². The topological polar surface area (TPSA) is 41.1 Å². The molecule has 2 N–H and O–H groups in total. The van der Waals surface area contributed by atoms with Crippen molar-refractivity contribution in [1.82, 2.24) is 10.6 Å². The molecule has 0 fully saturated rings. The first-order valence-electron chi connectivity index (χ1n) is 7.36. The Morgan fingerprint density at radius 2 is 2.14 bits per heavy atom. The minimum Gasteiger partial charge on any atom is -0.352 e. The Balaban J connectivity index is 0.00000220. The zero-order valence-electron chi connectivity index (χ0n) is 12.9. The highest BCUT2D eigenvalue weighted by Gasteiger charge is 2.07. The Bertz CT molecular complexity index is 512. The monoisotopic (exact) mass is 308 g/mol. The van der Waals surface area contributed by atoms with Crippen LogP contribution >= 0.6 is 12.4 Å². The first-order chi connectivity index (χ1) is 9.65. The minimum absolute atomic E-state index is 0.